The van der Waals surface area contributed by atoms with Crippen molar-refractivity contribution in [2.75, 3.05) is 11.5 Å². The molecule has 0 aromatic carbocycles. The van der Waals surface area contributed by atoms with Gasteiger partial charge in [0.25, 0.3) is 0 Å². The largest absolute Gasteiger partial charge is 0.472 e. The molecular weight excluding hydrogens is 190 g/mol. The maximum absolute atomic E-state index is 10.8. The number of hydrogen-bond acceptors (Lipinski definition) is 4. The molecule has 0 spiro atoms. The molecule has 1 saturated heterocycles. The lowest BCUT2D eigenvalue weighted by Gasteiger charge is -2.25. The van der Waals surface area contributed by atoms with E-state index in [2.05, 4.69) is 4.98 Å². The monoisotopic (exact) mass is 199 g/mol. The molecule has 70 valence electrons. The van der Waals surface area contributed by atoms with Crippen LogP contribution in [0.2, 0.25) is 0 Å². The summed E-state index contributed by atoms with van der Waals surface area (Å²) < 4.78 is 26.9. The van der Waals surface area contributed by atoms with Crippen LogP contribution >= 0.6 is 0 Å². The van der Waals surface area contributed by atoms with Crippen LogP contribution in [0.5, 0.6) is 5.88 Å². The summed E-state index contributed by atoms with van der Waals surface area (Å²) in [6, 6.07) is 5.30. The third-order valence-electron chi connectivity index (χ3n) is 1.80. The maximum atomic E-state index is 10.8. The number of ether oxygens (including phenoxy) is 1. The van der Waals surface area contributed by atoms with Crippen molar-refractivity contribution < 1.29 is 13.2 Å². The lowest BCUT2D eigenvalue weighted by molar-refractivity contribution is 0.221. The minimum absolute atomic E-state index is 0.115. The fourth-order valence-electron chi connectivity index (χ4n) is 1.17. The highest BCUT2D eigenvalue weighted by atomic mass is 32.2. The van der Waals surface area contributed by atoms with Gasteiger partial charge in [-0.2, -0.15) is 0 Å². The molecule has 2 rings (SSSR count). The van der Waals surface area contributed by atoms with Crippen LogP contribution in [0, 0.1) is 0 Å². The zero-order chi connectivity index (χ0) is 9.31. The summed E-state index contributed by atoms with van der Waals surface area (Å²) in [4.78, 5) is 3.93. The number of aromatic nitrogens is 1. The van der Waals surface area contributed by atoms with Gasteiger partial charge in [-0.15, -0.1) is 0 Å². The predicted octanol–water partition coefficient (Wildman–Crippen LogP) is 0.257. The van der Waals surface area contributed by atoms with Gasteiger partial charge in [-0.25, -0.2) is 13.4 Å². The van der Waals surface area contributed by atoms with Gasteiger partial charge < -0.3 is 4.74 Å². The first-order chi connectivity index (χ1) is 6.16. The van der Waals surface area contributed by atoms with Gasteiger partial charge in [-0.3, -0.25) is 0 Å². The molecule has 0 N–H and O–H groups in total. The number of hydrogen-bond donors (Lipinski definition) is 0. The quantitative estimate of drug-likeness (QED) is 0.685. The Hall–Kier alpha value is -1.10. The van der Waals surface area contributed by atoms with Crippen LogP contribution in [-0.2, 0) is 9.84 Å². The molecule has 5 heteroatoms. The van der Waals surface area contributed by atoms with Gasteiger partial charge in [-0.1, -0.05) is 6.07 Å². The Morgan fingerprint density at radius 1 is 1.38 bits per heavy atom. The Kier molecular flexibility index (Phi) is 1.95. The second kappa shape index (κ2) is 2.99. The van der Waals surface area contributed by atoms with Gasteiger partial charge in [0.05, 0.1) is 11.5 Å². The van der Waals surface area contributed by atoms with Crippen LogP contribution in [-0.4, -0.2) is 31.0 Å². The van der Waals surface area contributed by atoms with Gasteiger partial charge in [0.2, 0.25) is 5.88 Å². The van der Waals surface area contributed by atoms with Crippen molar-refractivity contribution in [3.63, 3.8) is 0 Å². The number of sulfone groups is 1. The van der Waals surface area contributed by atoms with Crippen LogP contribution in [0.3, 0.4) is 0 Å². The highest BCUT2D eigenvalue weighted by molar-refractivity contribution is 7.92. The van der Waals surface area contributed by atoms with Gasteiger partial charge in [-0.05, 0) is 6.07 Å². The molecule has 2 heterocycles. The molecular formula is C8H9NO3S. The Bertz CT molecular complexity index is 375. The van der Waals surface area contributed by atoms with E-state index in [4.69, 9.17) is 4.74 Å². The maximum Gasteiger partial charge on any atom is 0.213 e. The minimum atomic E-state index is -2.80. The van der Waals surface area contributed by atoms with Crippen LogP contribution in [0.4, 0.5) is 0 Å². The van der Waals surface area contributed by atoms with E-state index in [0.29, 0.717) is 5.88 Å². The molecule has 0 radical (unpaired) electrons. The lowest BCUT2D eigenvalue weighted by atomic mass is 10.4. The minimum Gasteiger partial charge on any atom is -0.472 e. The van der Waals surface area contributed by atoms with Gasteiger partial charge in [0, 0.05) is 12.3 Å². The van der Waals surface area contributed by atoms with Crippen molar-refractivity contribution in [2.24, 2.45) is 0 Å². The SMILES string of the molecule is O=S1(=O)CC(Oc2ccccn2)C1. The molecule has 0 bridgehead atoms. The summed E-state index contributed by atoms with van der Waals surface area (Å²) in [5.74, 6) is 0.718. The van der Waals surface area contributed by atoms with Crippen LogP contribution in [0.15, 0.2) is 24.4 Å². The fourth-order valence-corrected chi connectivity index (χ4v) is 2.34. The van der Waals surface area contributed by atoms with Gasteiger partial charge in [0.15, 0.2) is 9.84 Å². The topological polar surface area (TPSA) is 56.3 Å². The molecule has 1 aliphatic rings. The first-order valence-electron chi connectivity index (χ1n) is 3.94. The fraction of sp³-hybridized carbons (Fsp3) is 0.375. The normalized spacial score (nSPS) is 20.6. The van der Waals surface area contributed by atoms with Crippen molar-refractivity contribution in [2.45, 2.75) is 6.10 Å². The molecule has 0 unspecified atom stereocenters. The van der Waals surface area contributed by atoms with Crippen LogP contribution in [0.1, 0.15) is 0 Å². The third kappa shape index (κ3) is 1.98. The average molecular weight is 199 g/mol. The summed E-state index contributed by atoms with van der Waals surface area (Å²) in [6.07, 6.45) is 1.41. The summed E-state index contributed by atoms with van der Waals surface area (Å²) in [5.41, 5.74) is 0. The molecule has 13 heavy (non-hydrogen) atoms. The van der Waals surface area contributed by atoms with E-state index >= 15 is 0 Å². The zero-order valence-electron chi connectivity index (χ0n) is 6.88. The summed E-state index contributed by atoms with van der Waals surface area (Å²) in [5, 5.41) is 0. The number of pyridine rings is 1. The third-order valence-corrected chi connectivity index (χ3v) is 3.56. The molecule has 4 nitrogen and oxygen atoms in total. The smallest absolute Gasteiger partial charge is 0.213 e. The Balaban J connectivity index is 1.95. The second-order valence-corrected chi connectivity index (χ2v) is 5.14. The van der Waals surface area contributed by atoms with E-state index in [-0.39, 0.29) is 17.6 Å². The van der Waals surface area contributed by atoms with Crippen molar-refractivity contribution in [1.82, 2.24) is 4.98 Å². The first-order valence-corrected chi connectivity index (χ1v) is 5.76. The van der Waals surface area contributed by atoms with Crippen molar-refractivity contribution >= 4 is 9.84 Å². The average Bonchev–Trinajstić information content (AvgIpc) is 2.03. The van der Waals surface area contributed by atoms with E-state index in [9.17, 15) is 8.42 Å². The highest BCUT2D eigenvalue weighted by Gasteiger charge is 2.35. The van der Waals surface area contributed by atoms with Crippen LogP contribution in [0.25, 0.3) is 0 Å². The molecule has 1 aliphatic heterocycles. The molecule has 0 saturated carbocycles. The van der Waals surface area contributed by atoms with E-state index < -0.39 is 9.84 Å². The van der Waals surface area contributed by atoms with Crippen molar-refractivity contribution in [3.05, 3.63) is 24.4 Å². The Morgan fingerprint density at radius 2 is 2.15 bits per heavy atom. The predicted molar refractivity (Wildman–Crippen MR) is 47.3 cm³/mol. The summed E-state index contributed by atoms with van der Waals surface area (Å²) in [6.45, 7) is 0. The summed E-state index contributed by atoms with van der Waals surface area (Å²) >= 11 is 0. The first kappa shape index (κ1) is 8.50. The summed E-state index contributed by atoms with van der Waals surface area (Å²) in [7, 11) is -2.80. The highest BCUT2D eigenvalue weighted by Crippen LogP contribution is 2.16. The second-order valence-electron chi connectivity index (χ2n) is 2.98. The van der Waals surface area contributed by atoms with Crippen molar-refractivity contribution in [1.29, 1.82) is 0 Å². The van der Waals surface area contributed by atoms with E-state index in [1.54, 1.807) is 24.4 Å². The molecule has 0 aliphatic carbocycles. The van der Waals surface area contributed by atoms with Crippen molar-refractivity contribution in [3.8, 4) is 5.88 Å². The number of rotatable bonds is 2. The lowest BCUT2D eigenvalue weighted by Crippen LogP contribution is -2.45. The van der Waals surface area contributed by atoms with Gasteiger partial charge in [0.1, 0.15) is 6.10 Å². The van der Waals surface area contributed by atoms with Crippen LogP contribution < -0.4 is 4.74 Å². The molecule has 1 fully saturated rings. The van der Waals surface area contributed by atoms with Gasteiger partial charge >= 0.3 is 0 Å². The number of nitrogens with zero attached hydrogens (tertiary/aromatic N) is 1. The van der Waals surface area contributed by atoms with E-state index in [1.807, 2.05) is 0 Å². The Labute approximate surface area is 76.5 Å². The van der Waals surface area contributed by atoms with E-state index in [0.717, 1.165) is 0 Å². The molecule has 0 amide bonds. The van der Waals surface area contributed by atoms with E-state index in [1.165, 1.54) is 0 Å². The zero-order valence-corrected chi connectivity index (χ0v) is 7.70. The Morgan fingerprint density at radius 3 is 2.69 bits per heavy atom. The standard InChI is InChI=1S/C8H9NO3S/c10-13(11)5-7(6-13)12-8-3-1-2-4-9-8/h1-4,7H,5-6H2. The molecule has 0 atom stereocenters. The molecule has 1 aromatic heterocycles. The molecule has 1 aromatic rings.